The highest BCUT2D eigenvalue weighted by molar-refractivity contribution is 6.30. The zero-order valence-corrected chi connectivity index (χ0v) is 10.8. The van der Waals surface area contributed by atoms with Crippen LogP contribution in [0.5, 0.6) is 5.75 Å². The molecule has 0 radical (unpaired) electrons. The minimum absolute atomic E-state index is 0.259. The largest absolute Gasteiger partial charge is 0.494 e. The molecule has 0 aliphatic carbocycles. The van der Waals surface area contributed by atoms with Crippen LogP contribution in [0, 0.1) is 0 Å². The fourth-order valence-electron chi connectivity index (χ4n) is 1.65. The Bertz CT molecular complexity index is 326. The summed E-state index contributed by atoms with van der Waals surface area (Å²) in [6.45, 7) is 4.70. The van der Waals surface area contributed by atoms with Crippen LogP contribution in [0.2, 0.25) is 5.02 Å². The number of nitrogens with two attached hydrogens (primary N) is 1. The first-order valence-corrected chi connectivity index (χ1v) is 6.18. The van der Waals surface area contributed by atoms with Crippen LogP contribution in [0.25, 0.3) is 0 Å². The second kappa shape index (κ2) is 6.77. The van der Waals surface area contributed by atoms with E-state index in [0.29, 0.717) is 6.61 Å². The predicted molar refractivity (Wildman–Crippen MR) is 69.2 cm³/mol. The van der Waals surface area contributed by atoms with E-state index in [2.05, 4.69) is 0 Å². The third kappa shape index (κ3) is 4.42. The zero-order valence-electron chi connectivity index (χ0n) is 10.0. The van der Waals surface area contributed by atoms with Gasteiger partial charge in [-0.1, -0.05) is 11.6 Å². The van der Waals surface area contributed by atoms with Crippen LogP contribution in [0.1, 0.15) is 32.3 Å². The molecule has 90 valence electrons. The molecule has 0 heterocycles. The van der Waals surface area contributed by atoms with Crippen molar-refractivity contribution in [3.8, 4) is 5.75 Å². The fourth-order valence-corrected chi connectivity index (χ4v) is 1.85. The molecule has 0 spiro atoms. The molecule has 2 nitrogen and oxygen atoms in total. The Morgan fingerprint density at radius 2 is 2.19 bits per heavy atom. The number of aryl methyl sites for hydroxylation is 1. The number of hydrogen-bond acceptors (Lipinski definition) is 2. The van der Waals surface area contributed by atoms with E-state index in [4.69, 9.17) is 22.1 Å². The molecule has 0 amide bonds. The van der Waals surface area contributed by atoms with Gasteiger partial charge in [0.25, 0.3) is 0 Å². The smallest absolute Gasteiger partial charge is 0.122 e. The Hall–Kier alpha value is -0.730. The maximum atomic E-state index is 5.98. The Labute approximate surface area is 103 Å². The van der Waals surface area contributed by atoms with Crippen molar-refractivity contribution in [2.45, 2.75) is 39.2 Å². The van der Waals surface area contributed by atoms with Crippen LogP contribution in [-0.4, -0.2) is 12.6 Å². The van der Waals surface area contributed by atoms with Crippen molar-refractivity contribution in [3.05, 3.63) is 28.8 Å². The highest BCUT2D eigenvalue weighted by Crippen LogP contribution is 2.24. The van der Waals surface area contributed by atoms with E-state index in [9.17, 15) is 0 Å². The van der Waals surface area contributed by atoms with Crippen molar-refractivity contribution in [3.63, 3.8) is 0 Å². The van der Waals surface area contributed by atoms with Crippen LogP contribution >= 0.6 is 11.6 Å². The first kappa shape index (κ1) is 13.3. The van der Waals surface area contributed by atoms with Gasteiger partial charge in [-0.2, -0.15) is 0 Å². The van der Waals surface area contributed by atoms with E-state index >= 15 is 0 Å². The molecule has 0 saturated carbocycles. The Balaban J connectivity index is 2.64. The van der Waals surface area contributed by atoms with E-state index < -0.39 is 0 Å². The topological polar surface area (TPSA) is 35.2 Å². The summed E-state index contributed by atoms with van der Waals surface area (Å²) in [5.74, 6) is 0.941. The van der Waals surface area contributed by atoms with Gasteiger partial charge >= 0.3 is 0 Å². The van der Waals surface area contributed by atoms with E-state index in [0.717, 1.165) is 30.0 Å². The summed E-state index contributed by atoms with van der Waals surface area (Å²) in [6, 6.07) is 6.04. The Kier molecular flexibility index (Phi) is 5.64. The van der Waals surface area contributed by atoms with E-state index in [-0.39, 0.29) is 6.04 Å². The first-order chi connectivity index (χ1) is 7.63. The monoisotopic (exact) mass is 241 g/mol. The van der Waals surface area contributed by atoms with E-state index in [1.807, 2.05) is 32.0 Å². The second-order valence-electron chi connectivity index (χ2n) is 4.05. The van der Waals surface area contributed by atoms with Gasteiger partial charge in [-0.05, 0) is 56.9 Å². The van der Waals surface area contributed by atoms with Gasteiger partial charge in [-0.25, -0.2) is 0 Å². The highest BCUT2D eigenvalue weighted by Gasteiger charge is 2.05. The summed E-state index contributed by atoms with van der Waals surface area (Å²) in [6.07, 6.45) is 3.06. The van der Waals surface area contributed by atoms with Crippen molar-refractivity contribution in [2.75, 3.05) is 6.61 Å². The summed E-state index contributed by atoms with van der Waals surface area (Å²) >= 11 is 5.98. The summed E-state index contributed by atoms with van der Waals surface area (Å²) in [7, 11) is 0. The lowest BCUT2D eigenvalue weighted by atomic mass is 10.0. The summed E-state index contributed by atoms with van der Waals surface area (Å²) in [5, 5.41) is 0.763. The lowest BCUT2D eigenvalue weighted by molar-refractivity contribution is 0.336. The SMILES string of the molecule is CCOc1ccc(Cl)cc1CCCC(C)N. The number of benzene rings is 1. The predicted octanol–water partition coefficient (Wildman–Crippen LogP) is 3.41. The van der Waals surface area contributed by atoms with Crippen molar-refractivity contribution in [1.29, 1.82) is 0 Å². The van der Waals surface area contributed by atoms with E-state index in [1.54, 1.807) is 0 Å². The van der Waals surface area contributed by atoms with Crippen LogP contribution < -0.4 is 10.5 Å². The van der Waals surface area contributed by atoms with Crippen LogP contribution in [0.15, 0.2) is 18.2 Å². The molecule has 1 rings (SSSR count). The van der Waals surface area contributed by atoms with Crippen molar-refractivity contribution in [1.82, 2.24) is 0 Å². The molecule has 16 heavy (non-hydrogen) atoms. The highest BCUT2D eigenvalue weighted by atomic mass is 35.5. The second-order valence-corrected chi connectivity index (χ2v) is 4.49. The van der Waals surface area contributed by atoms with Crippen LogP contribution in [0.3, 0.4) is 0 Å². The molecular weight excluding hydrogens is 222 g/mol. The fraction of sp³-hybridized carbons (Fsp3) is 0.538. The summed E-state index contributed by atoms with van der Waals surface area (Å²) in [4.78, 5) is 0. The van der Waals surface area contributed by atoms with Gasteiger partial charge in [0.05, 0.1) is 6.61 Å². The molecule has 1 atom stereocenters. The molecule has 3 heteroatoms. The number of halogens is 1. The Morgan fingerprint density at radius 1 is 1.44 bits per heavy atom. The minimum atomic E-state index is 0.259. The van der Waals surface area contributed by atoms with Gasteiger partial charge in [0.15, 0.2) is 0 Å². The summed E-state index contributed by atoms with van der Waals surface area (Å²) in [5.41, 5.74) is 6.90. The average Bonchev–Trinajstić information content (AvgIpc) is 2.21. The molecule has 0 aromatic heterocycles. The van der Waals surface area contributed by atoms with Crippen LogP contribution in [0.4, 0.5) is 0 Å². The van der Waals surface area contributed by atoms with Gasteiger partial charge in [0.2, 0.25) is 0 Å². The molecule has 1 unspecified atom stereocenters. The number of hydrogen-bond donors (Lipinski definition) is 1. The number of ether oxygens (including phenoxy) is 1. The maximum absolute atomic E-state index is 5.98. The normalized spacial score (nSPS) is 12.5. The van der Waals surface area contributed by atoms with Crippen molar-refractivity contribution >= 4 is 11.6 Å². The molecular formula is C13H20ClNO. The van der Waals surface area contributed by atoms with Crippen molar-refractivity contribution in [2.24, 2.45) is 5.73 Å². The van der Waals surface area contributed by atoms with Gasteiger partial charge in [0, 0.05) is 11.1 Å². The van der Waals surface area contributed by atoms with Crippen molar-refractivity contribution < 1.29 is 4.74 Å². The van der Waals surface area contributed by atoms with Gasteiger partial charge < -0.3 is 10.5 Å². The molecule has 0 fully saturated rings. The average molecular weight is 242 g/mol. The lowest BCUT2D eigenvalue weighted by Gasteiger charge is -2.11. The summed E-state index contributed by atoms with van der Waals surface area (Å²) < 4.78 is 5.56. The molecule has 0 saturated heterocycles. The third-order valence-electron chi connectivity index (χ3n) is 2.43. The Morgan fingerprint density at radius 3 is 2.81 bits per heavy atom. The lowest BCUT2D eigenvalue weighted by Crippen LogP contribution is -2.14. The maximum Gasteiger partial charge on any atom is 0.122 e. The van der Waals surface area contributed by atoms with Crippen LogP contribution in [-0.2, 0) is 6.42 Å². The molecule has 1 aromatic carbocycles. The minimum Gasteiger partial charge on any atom is -0.494 e. The van der Waals surface area contributed by atoms with Gasteiger partial charge in [-0.15, -0.1) is 0 Å². The molecule has 1 aromatic rings. The third-order valence-corrected chi connectivity index (χ3v) is 2.66. The van der Waals surface area contributed by atoms with Gasteiger partial charge in [0.1, 0.15) is 5.75 Å². The van der Waals surface area contributed by atoms with Gasteiger partial charge in [-0.3, -0.25) is 0 Å². The molecule has 0 bridgehead atoms. The molecule has 0 aliphatic heterocycles. The molecule has 2 N–H and O–H groups in total. The quantitative estimate of drug-likeness (QED) is 0.829. The number of rotatable bonds is 6. The molecule has 0 aliphatic rings. The van der Waals surface area contributed by atoms with E-state index in [1.165, 1.54) is 5.56 Å². The first-order valence-electron chi connectivity index (χ1n) is 5.80. The zero-order chi connectivity index (χ0) is 12.0. The standard InChI is InChI=1S/C13H20ClNO/c1-3-16-13-8-7-12(14)9-11(13)6-4-5-10(2)15/h7-10H,3-6,15H2,1-2H3.